The number of carbonyl (C=O) groups is 1. The maximum absolute atomic E-state index is 11.7. The standard InChI is InChI=1S/C13H14N4O3/c1-8-6-17(13(20)15-11(8)18)7-9-4-2-3-5-10(9)12(19)16-14/h2-6H,7,14H2,1H3,(H,16,19)(H,15,18,20). The third-order valence-electron chi connectivity index (χ3n) is 2.92. The molecule has 1 heterocycles. The monoisotopic (exact) mass is 274 g/mol. The molecule has 0 aliphatic heterocycles. The summed E-state index contributed by atoms with van der Waals surface area (Å²) in [6.45, 7) is 1.77. The molecule has 0 saturated heterocycles. The molecule has 0 aliphatic rings. The second kappa shape index (κ2) is 5.54. The fourth-order valence-electron chi connectivity index (χ4n) is 1.88. The number of benzene rings is 1. The predicted molar refractivity (Wildman–Crippen MR) is 73.3 cm³/mol. The highest BCUT2D eigenvalue weighted by Gasteiger charge is 2.10. The first kappa shape index (κ1) is 13.8. The van der Waals surface area contributed by atoms with Crippen LogP contribution in [0.15, 0.2) is 40.1 Å². The molecule has 7 heteroatoms. The van der Waals surface area contributed by atoms with Crippen LogP contribution in [0, 0.1) is 6.92 Å². The number of rotatable bonds is 3. The van der Waals surface area contributed by atoms with Crippen LogP contribution in [0.1, 0.15) is 21.5 Å². The van der Waals surface area contributed by atoms with Crippen molar-refractivity contribution in [1.82, 2.24) is 15.0 Å². The number of hydrogen-bond acceptors (Lipinski definition) is 4. The highest BCUT2D eigenvalue weighted by atomic mass is 16.2. The van der Waals surface area contributed by atoms with Crippen molar-refractivity contribution in [1.29, 1.82) is 0 Å². The smallest absolute Gasteiger partial charge is 0.296 e. The van der Waals surface area contributed by atoms with Crippen molar-refractivity contribution in [2.75, 3.05) is 0 Å². The topological polar surface area (TPSA) is 110 Å². The molecular weight excluding hydrogens is 260 g/mol. The van der Waals surface area contributed by atoms with Crippen LogP contribution in [0.3, 0.4) is 0 Å². The van der Waals surface area contributed by atoms with E-state index in [2.05, 4.69) is 10.4 Å². The Morgan fingerprint density at radius 1 is 1.35 bits per heavy atom. The Bertz CT molecular complexity index is 761. The number of hydrogen-bond donors (Lipinski definition) is 3. The zero-order valence-corrected chi connectivity index (χ0v) is 10.8. The molecule has 4 N–H and O–H groups in total. The molecule has 0 atom stereocenters. The van der Waals surface area contributed by atoms with Gasteiger partial charge in [-0.05, 0) is 18.6 Å². The van der Waals surface area contributed by atoms with Crippen molar-refractivity contribution in [3.8, 4) is 0 Å². The minimum Gasteiger partial charge on any atom is -0.296 e. The van der Waals surface area contributed by atoms with Gasteiger partial charge in [-0.15, -0.1) is 0 Å². The number of amides is 1. The Labute approximate surface area is 114 Å². The first-order valence-corrected chi connectivity index (χ1v) is 5.92. The number of nitrogen functional groups attached to an aromatic ring is 1. The van der Waals surface area contributed by atoms with E-state index in [0.717, 1.165) is 0 Å². The average Bonchev–Trinajstić information content (AvgIpc) is 2.44. The zero-order valence-electron chi connectivity index (χ0n) is 10.8. The van der Waals surface area contributed by atoms with Crippen LogP contribution in [0.25, 0.3) is 0 Å². The molecule has 2 rings (SSSR count). The van der Waals surface area contributed by atoms with Gasteiger partial charge in [0.1, 0.15) is 0 Å². The predicted octanol–water partition coefficient (Wildman–Crippen LogP) is -0.503. The van der Waals surface area contributed by atoms with Crippen LogP contribution >= 0.6 is 0 Å². The summed E-state index contributed by atoms with van der Waals surface area (Å²) >= 11 is 0. The fraction of sp³-hybridized carbons (Fsp3) is 0.154. The quantitative estimate of drug-likeness (QED) is 0.398. The molecule has 1 aromatic heterocycles. The molecule has 0 saturated carbocycles. The lowest BCUT2D eigenvalue weighted by Gasteiger charge is -2.10. The van der Waals surface area contributed by atoms with Crippen molar-refractivity contribution < 1.29 is 4.79 Å². The number of hydrazine groups is 1. The molecule has 7 nitrogen and oxygen atoms in total. The Morgan fingerprint density at radius 3 is 2.75 bits per heavy atom. The SMILES string of the molecule is Cc1cn(Cc2ccccc2C(=O)NN)c(=O)[nH]c1=O. The fourth-order valence-corrected chi connectivity index (χ4v) is 1.88. The number of nitrogens with one attached hydrogen (secondary N) is 2. The molecule has 0 aliphatic carbocycles. The Hall–Kier alpha value is -2.67. The van der Waals surface area contributed by atoms with Crippen molar-refractivity contribution in [3.63, 3.8) is 0 Å². The van der Waals surface area contributed by atoms with Gasteiger partial charge in [-0.25, -0.2) is 10.6 Å². The summed E-state index contributed by atoms with van der Waals surface area (Å²) in [5.74, 6) is 4.69. The van der Waals surface area contributed by atoms with E-state index in [1.54, 1.807) is 31.2 Å². The summed E-state index contributed by atoms with van der Waals surface area (Å²) in [7, 11) is 0. The average molecular weight is 274 g/mol. The van der Waals surface area contributed by atoms with Crippen LogP contribution in [0.5, 0.6) is 0 Å². The molecule has 20 heavy (non-hydrogen) atoms. The van der Waals surface area contributed by atoms with E-state index in [9.17, 15) is 14.4 Å². The number of aromatic nitrogens is 2. The van der Waals surface area contributed by atoms with Gasteiger partial charge in [-0.1, -0.05) is 18.2 Å². The molecule has 1 aromatic carbocycles. The molecule has 0 fully saturated rings. The normalized spacial score (nSPS) is 10.3. The molecule has 0 spiro atoms. The lowest BCUT2D eigenvalue weighted by Crippen LogP contribution is -2.33. The molecule has 0 bridgehead atoms. The van der Waals surface area contributed by atoms with Gasteiger partial charge in [0.15, 0.2) is 0 Å². The summed E-state index contributed by atoms with van der Waals surface area (Å²) in [5.41, 5.74) is 2.55. The molecule has 104 valence electrons. The van der Waals surface area contributed by atoms with E-state index in [0.29, 0.717) is 16.7 Å². The molecule has 0 radical (unpaired) electrons. The van der Waals surface area contributed by atoms with Gasteiger partial charge in [-0.2, -0.15) is 0 Å². The van der Waals surface area contributed by atoms with E-state index >= 15 is 0 Å². The Morgan fingerprint density at radius 2 is 2.05 bits per heavy atom. The largest absolute Gasteiger partial charge is 0.328 e. The van der Waals surface area contributed by atoms with Crippen molar-refractivity contribution in [2.45, 2.75) is 13.5 Å². The molecule has 0 unspecified atom stereocenters. The van der Waals surface area contributed by atoms with Crippen LogP contribution in [-0.4, -0.2) is 15.5 Å². The van der Waals surface area contributed by atoms with Gasteiger partial charge in [0.25, 0.3) is 11.5 Å². The van der Waals surface area contributed by atoms with E-state index in [4.69, 9.17) is 5.84 Å². The van der Waals surface area contributed by atoms with Crippen LogP contribution < -0.4 is 22.5 Å². The summed E-state index contributed by atoms with van der Waals surface area (Å²) in [4.78, 5) is 36.9. The number of aryl methyl sites for hydroxylation is 1. The number of carbonyl (C=O) groups excluding carboxylic acids is 1. The van der Waals surface area contributed by atoms with Gasteiger partial charge in [0.05, 0.1) is 6.54 Å². The first-order chi connectivity index (χ1) is 9.52. The van der Waals surface area contributed by atoms with Crippen LogP contribution in [-0.2, 0) is 6.54 Å². The van der Waals surface area contributed by atoms with Gasteiger partial charge < -0.3 is 0 Å². The minimum absolute atomic E-state index is 0.167. The van der Waals surface area contributed by atoms with Crippen molar-refractivity contribution in [3.05, 3.63) is 68.0 Å². The van der Waals surface area contributed by atoms with E-state index in [1.165, 1.54) is 10.8 Å². The lowest BCUT2D eigenvalue weighted by molar-refractivity contribution is 0.0952. The molecule has 1 amide bonds. The minimum atomic E-state index is -0.524. The Kier molecular flexibility index (Phi) is 3.81. The number of aromatic amines is 1. The molecule has 2 aromatic rings. The number of nitrogens with two attached hydrogens (primary N) is 1. The highest BCUT2D eigenvalue weighted by molar-refractivity contribution is 5.95. The second-order valence-electron chi connectivity index (χ2n) is 4.33. The zero-order chi connectivity index (χ0) is 14.7. The first-order valence-electron chi connectivity index (χ1n) is 5.92. The maximum Gasteiger partial charge on any atom is 0.328 e. The van der Waals surface area contributed by atoms with Crippen LogP contribution in [0.4, 0.5) is 0 Å². The van der Waals surface area contributed by atoms with Gasteiger partial charge >= 0.3 is 5.69 Å². The summed E-state index contributed by atoms with van der Waals surface area (Å²) in [6.07, 6.45) is 1.46. The van der Waals surface area contributed by atoms with Gasteiger partial charge in [-0.3, -0.25) is 24.6 Å². The van der Waals surface area contributed by atoms with Crippen molar-refractivity contribution in [2.24, 2.45) is 5.84 Å². The number of H-pyrrole nitrogens is 1. The van der Waals surface area contributed by atoms with Gasteiger partial charge in [0.2, 0.25) is 0 Å². The van der Waals surface area contributed by atoms with E-state index in [1.807, 2.05) is 0 Å². The summed E-state index contributed by atoms with van der Waals surface area (Å²) in [5, 5.41) is 0. The highest BCUT2D eigenvalue weighted by Crippen LogP contribution is 2.09. The lowest BCUT2D eigenvalue weighted by atomic mass is 10.1. The maximum atomic E-state index is 11.7. The van der Waals surface area contributed by atoms with Crippen LogP contribution in [0.2, 0.25) is 0 Å². The van der Waals surface area contributed by atoms with E-state index in [-0.39, 0.29) is 6.54 Å². The second-order valence-corrected chi connectivity index (χ2v) is 4.33. The van der Waals surface area contributed by atoms with Crippen molar-refractivity contribution >= 4 is 5.91 Å². The van der Waals surface area contributed by atoms with E-state index < -0.39 is 17.2 Å². The molecular formula is C13H14N4O3. The summed E-state index contributed by atoms with van der Waals surface area (Å²) < 4.78 is 1.33. The van der Waals surface area contributed by atoms with Gasteiger partial charge in [0, 0.05) is 17.3 Å². The summed E-state index contributed by atoms with van der Waals surface area (Å²) in [6, 6.07) is 6.79. The number of nitrogens with zero attached hydrogens (tertiary/aromatic N) is 1. The Balaban J connectivity index is 2.46. The third kappa shape index (κ3) is 2.67. The third-order valence-corrected chi connectivity index (χ3v) is 2.92.